The summed E-state index contributed by atoms with van der Waals surface area (Å²) >= 11 is 1.53. The number of thiazole rings is 1. The number of aromatic nitrogens is 1. The Hall–Kier alpha value is -1.72. The molecule has 1 aliphatic rings. The molecular formula is C21H29N3OS. The maximum atomic E-state index is 12.7. The summed E-state index contributed by atoms with van der Waals surface area (Å²) in [6.45, 7) is 7.21. The lowest BCUT2D eigenvalue weighted by molar-refractivity contribution is 0.0912. The number of amides is 1. The monoisotopic (exact) mass is 371 g/mol. The van der Waals surface area contributed by atoms with Gasteiger partial charge in [0.2, 0.25) is 0 Å². The van der Waals surface area contributed by atoms with E-state index in [4.69, 9.17) is 0 Å². The van der Waals surface area contributed by atoms with Crippen LogP contribution in [0.1, 0.15) is 58.5 Å². The number of unbranched alkanes of at least 4 members (excludes halogenated alkanes) is 1. The average molecular weight is 372 g/mol. The van der Waals surface area contributed by atoms with Crippen molar-refractivity contribution in [2.45, 2.75) is 58.5 Å². The zero-order valence-corrected chi connectivity index (χ0v) is 16.6. The number of hydrogen-bond donors (Lipinski definition) is 1. The van der Waals surface area contributed by atoms with Crippen molar-refractivity contribution in [3.8, 4) is 0 Å². The van der Waals surface area contributed by atoms with E-state index >= 15 is 0 Å². The van der Waals surface area contributed by atoms with Crippen LogP contribution in [0.2, 0.25) is 0 Å². The van der Waals surface area contributed by atoms with Crippen molar-refractivity contribution in [1.82, 2.24) is 15.2 Å². The van der Waals surface area contributed by atoms with Gasteiger partial charge >= 0.3 is 0 Å². The molecule has 4 nitrogen and oxygen atoms in total. The van der Waals surface area contributed by atoms with Crippen molar-refractivity contribution < 1.29 is 4.79 Å². The number of carbonyl (C=O) groups excluding carboxylic acids is 1. The fourth-order valence-electron chi connectivity index (χ4n) is 3.49. The molecule has 0 unspecified atom stereocenters. The van der Waals surface area contributed by atoms with Crippen molar-refractivity contribution in [2.24, 2.45) is 0 Å². The van der Waals surface area contributed by atoms with Gasteiger partial charge < -0.3 is 5.32 Å². The Morgan fingerprint density at radius 3 is 2.69 bits per heavy atom. The van der Waals surface area contributed by atoms with E-state index in [1.807, 2.05) is 6.92 Å². The van der Waals surface area contributed by atoms with E-state index in [-0.39, 0.29) is 11.9 Å². The minimum atomic E-state index is 0.0724. The van der Waals surface area contributed by atoms with Gasteiger partial charge in [0.25, 0.3) is 5.91 Å². The van der Waals surface area contributed by atoms with Gasteiger partial charge in [-0.1, -0.05) is 43.7 Å². The van der Waals surface area contributed by atoms with Crippen LogP contribution in [-0.2, 0) is 13.0 Å². The number of benzene rings is 1. The molecule has 1 amide bonds. The molecule has 2 heterocycles. The Bertz CT molecular complexity index is 705. The molecule has 0 bridgehead atoms. The third kappa shape index (κ3) is 5.15. The van der Waals surface area contributed by atoms with Gasteiger partial charge in [0.05, 0.1) is 10.7 Å². The van der Waals surface area contributed by atoms with Gasteiger partial charge in [-0.25, -0.2) is 4.98 Å². The molecule has 1 saturated heterocycles. The number of carbonyl (C=O) groups is 1. The van der Waals surface area contributed by atoms with E-state index in [1.165, 1.54) is 16.9 Å². The number of nitrogens with one attached hydrogen (secondary N) is 1. The molecule has 26 heavy (non-hydrogen) atoms. The molecule has 1 fully saturated rings. The van der Waals surface area contributed by atoms with Crippen molar-refractivity contribution in [3.63, 3.8) is 0 Å². The highest BCUT2D eigenvalue weighted by Crippen LogP contribution is 2.21. The summed E-state index contributed by atoms with van der Waals surface area (Å²) in [5.41, 5.74) is 2.34. The first-order chi connectivity index (χ1) is 12.7. The van der Waals surface area contributed by atoms with E-state index in [0.717, 1.165) is 67.3 Å². The van der Waals surface area contributed by atoms with Crippen LogP contribution in [0, 0.1) is 6.92 Å². The number of piperidine rings is 1. The van der Waals surface area contributed by atoms with E-state index in [9.17, 15) is 4.79 Å². The van der Waals surface area contributed by atoms with Crippen molar-refractivity contribution in [3.05, 3.63) is 51.5 Å². The molecule has 5 heteroatoms. The molecule has 140 valence electrons. The topological polar surface area (TPSA) is 45.2 Å². The molecular weight excluding hydrogens is 342 g/mol. The summed E-state index contributed by atoms with van der Waals surface area (Å²) < 4.78 is 0. The summed E-state index contributed by atoms with van der Waals surface area (Å²) in [6, 6.07) is 10.9. The molecule has 3 rings (SSSR count). The van der Waals surface area contributed by atoms with E-state index < -0.39 is 0 Å². The zero-order valence-electron chi connectivity index (χ0n) is 15.8. The van der Waals surface area contributed by atoms with Gasteiger partial charge in [0.1, 0.15) is 4.88 Å². The summed E-state index contributed by atoms with van der Waals surface area (Å²) in [6.07, 6.45) is 5.14. The minimum absolute atomic E-state index is 0.0724. The summed E-state index contributed by atoms with van der Waals surface area (Å²) in [4.78, 5) is 20.6. The molecule has 0 aliphatic carbocycles. The van der Waals surface area contributed by atoms with Crippen LogP contribution in [0.25, 0.3) is 0 Å². The summed E-state index contributed by atoms with van der Waals surface area (Å²) in [7, 11) is 0. The fourth-order valence-corrected chi connectivity index (χ4v) is 4.36. The van der Waals surface area contributed by atoms with Gasteiger partial charge in [-0.2, -0.15) is 0 Å². The molecule has 1 aliphatic heterocycles. The first-order valence-corrected chi connectivity index (χ1v) is 10.5. The maximum Gasteiger partial charge on any atom is 0.263 e. The van der Waals surface area contributed by atoms with Crippen LogP contribution < -0.4 is 5.32 Å². The normalized spacial score (nSPS) is 15.9. The summed E-state index contributed by atoms with van der Waals surface area (Å²) in [5, 5.41) is 4.24. The van der Waals surface area contributed by atoms with E-state index in [0.29, 0.717) is 0 Å². The predicted molar refractivity (Wildman–Crippen MR) is 108 cm³/mol. The van der Waals surface area contributed by atoms with Crippen LogP contribution >= 0.6 is 11.3 Å². The average Bonchev–Trinajstić information content (AvgIpc) is 3.03. The molecule has 1 aromatic heterocycles. The van der Waals surface area contributed by atoms with Crippen LogP contribution in [0.15, 0.2) is 30.3 Å². The third-order valence-electron chi connectivity index (χ3n) is 4.95. The minimum Gasteiger partial charge on any atom is -0.348 e. The second kappa shape index (κ2) is 9.28. The maximum absolute atomic E-state index is 12.7. The van der Waals surface area contributed by atoms with E-state index in [2.05, 4.69) is 52.5 Å². The first kappa shape index (κ1) is 19.1. The quantitative estimate of drug-likeness (QED) is 0.794. The van der Waals surface area contributed by atoms with Gasteiger partial charge in [-0.05, 0) is 38.2 Å². The Labute approximate surface area is 160 Å². The largest absolute Gasteiger partial charge is 0.348 e. The standard InChI is InChI=1S/C21H29N3OS/c1-3-4-10-19-20(26-16(2)22-19)21(25)23-18-11-13-24(14-12-18)15-17-8-6-5-7-9-17/h5-9,18H,3-4,10-15H2,1-2H3,(H,23,25). The van der Waals surface area contributed by atoms with Gasteiger partial charge in [0, 0.05) is 25.7 Å². The second-order valence-electron chi connectivity index (χ2n) is 7.12. The van der Waals surface area contributed by atoms with Crippen molar-refractivity contribution in [1.29, 1.82) is 0 Å². The Morgan fingerprint density at radius 2 is 2.00 bits per heavy atom. The Kier molecular flexibility index (Phi) is 6.80. The smallest absolute Gasteiger partial charge is 0.263 e. The van der Waals surface area contributed by atoms with Crippen LogP contribution in [0.5, 0.6) is 0 Å². The van der Waals surface area contributed by atoms with Gasteiger partial charge in [-0.3, -0.25) is 9.69 Å². The van der Waals surface area contributed by atoms with Gasteiger partial charge in [0.15, 0.2) is 0 Å². The molecule has 0 radical (unpaired) electrons. The fraction of sp³-hybridized carbons (Fsp3) is 0.524. The number of rotatable bonds is 7. The van der Waals surface area contributed by atoms with Crippen LogP contribution in [-0.4, -0.2) is 34.9 Å². The Balaban J connectivity index is 1.50. The lowest BCUT2D eigenvalue weighted by Gasteiger charge is -2.32. The molecule has 1 aromatic carbocycles. The highest BCUT2D eigenvalue weighted by Gasteiger charge is 2.23. The van der Waals surface area contributed by atoms with Crippen LogP contribution in [0.3, 0.4) is 0 Å². The molecule has 0 spiro atoms. The third-order valence-corrected chi connectivity index (χ3v) is 5.96. The molecule has 0 saturated carbocycles. The summed E-state index contributed by atoms with van der Waals surface area (Å²) in [5.74, 6) is 0.0724. The lowest BCUT2D eigenvalue weighted by atomic mass is 10.0. The van der Waals surface area contributed by atoms with Gasteiger partial charge in [-0.15, -0.1) is 11.3 Å². The highest BCUT2D eigenvalue weighted by atomic mass is 32.1. The SMILES string of the molecule is CCCCc1nc(C)sc1C(=O)NC1CCN(Cc2ccccc2)CC1. The highest BCUT2D eigenvalue weighted by molar-refractivity contribution is 7.13. The number of nitrogens with zero attached hydrogens (tertiary/aromatic N) is 2. The zero-order chi connectivity index (χ0) is 18.4. The number of aryl methyl sites for hydroxylation is 2. The van der Waals surface area contributed by atoms with Crippen LogP contribution in [0.4, 0.5) is 0 Å². The Morgan fingerprint density at radius 1 is 1.27 bits per heavy atom. The second-order valence-corrected chi connectivity index (χ2v) is 8.32. The van der Waals surface area contributed by atoms with E-state index in [1.54, 1.807) is 0 Å². The van der Waals surface area contributed by atoms with Crippen molar-refractivity contribution >= 4 is 17.2 Å². The molecule has 0 atom stereocenters. The number of hydrogen-bond acceptors (Lipinski definition) is 4. The molecule has 2 aromatic rings. The molecule has 1 N–H and O–H groups in total. The number of likely N-dealkylation sites (tertiary alicyclic amines) is 1. The van der Waals surface area contributed by atoms with Crippen molar-refractivity contribution in [2.75, 3.05) is 13.1 Å². The predicted octanol–water partition coefficient (Wildman–Crippen LogP) is 4.19. The lowest BCUT2D eigenvalue weighted by Crippen LogP contribution is -2.44. The first-order valence-electron chi connectivity index (χ1n) is 9.69.